The summed E-state index contributed by atoms with van der Waals surface area (Å²) in [5.74, 6) is -2.37. The van der Waals surface area contributed by atoms with Crippen LogP contribution >= 0.6 is 15.9 Å². The summed E-state index contributed by atoms with van der Waals surface area (Å²) >= 11 is 3.17. The van der Waals surface area contributed by atoms with E-state index in [0.717, 1.165) is 16.0 Å². The van der Waals surface area contributed by atoms with E-state index in [1.54, 1.807) is 43.9 Å². The lowest BCUT2D eigenvalue weighted by molar-refractivity contribution is -0.148. The maximum absolute atomic E-state index is 14.5. The molecule has 0 bridgehead atoms. The monoisotopic (exact) mass is 657 g/mol. The second kappa shape index (κ2) is 11.8. The molecule has 4 amide bonds. The topological polar surface area (TPSA) is 96.0 Å². The van der Waals surface area contributed by atoms with Gasteiger partial charge in [-0.3, -0.25) is 14.5 Å². The third kappa shape index (κ3) is 6.51. The molecule has 1 unspecified atom stereocenters. The van der Waals surface area contributed by atoms with Crippen LogP contribution in [0.2, 0.25) is 0 Å². The number of benzene rings is 2. The molecule has 8 nitrogen and oxygen atoms in total. The zero-order valence-corrected chi connectivity index (χ0v) is 25.9. The molecule has 3 aliphatic rings. The first-order chi connectivity index (χ1) is 20.3. The number of ether oxygens (including phenoxy) is 1. The molecule has 228 valence electrons. The molecule has 2 fully saturated rings. The molecule has 5 rings (SSSR count). The van der Waals surface area contributed by atoms with Gasteiger partial charge >= 0.3 is 12.0 Å². The first-order valence-electron chi connectivity index (χ1n) is 14.3. The molecule has 0 radical (unpaired) electrons. The van der Waals surface area contributed by atoms with Gasteiger partial charge in [0.05, 0.1) is 4.47 Å². The van der Waals surface area contributed by atoms with E-state index in [-0.39, 0.29) is 23.5 Å². The fraction of sp³-hybridized carbons (Fsp3) is 0.438. The summed E-state index contributed by atoms with van der Waals surface area (Å²) in [6, 6.07) is 7.76. The van der Waals surface area contributed by atoms with Crippen molar-refractivity contribution in [3.8, 4) is 0 Å². The average molecular weight is 659 g/mol. The van der Waals surface area contributed by atoms with Crippen LogP contribution in [-0.2, 0) is 37.6 Å². The number of nitrogens with one attached hydrogen (secondary N) is 1. The second-order valence-electron chi connectivity index (χ2n) is 12.4. The predicted octanol–water partition coefficient (Wildman–Crippen LogP) is 5.66. The molecular weight excluding hydrogens is 624 g/mol. The molecule has 1 heterocycles. The lowest BCUT2D eigenvalue weighted by atomic mass is 9.89. The molecule has 1 spiro atoms. The highest BCUT2D eigenvalue weighted by Crippen LogP contribution is 2.43. The van der Waals surface area contributed by atoms with E-state index in [1.165, 1.54) is 24.3 Å². The van der Waals surface area contributed by atoms with Crippen molar-refractivity contribution in [3.05, 3.63) is 80.8 Å². The minimum Gasteiger partial charge on any atom is -0.457 e. The number of rotatable bonds is 6. The number of imide groups is 1. The number of urea groups is 1. The number of aryl methyl sites for hydroxylation is 1. The molecule has 2 aromatic carbocycles. The Morgan fingerprint density at radius 1 is 1.12 bits per heavy atom. The van der Waals surface area contributed by atoms with Crippen LogP contribution in [0.4, 0.5) is 13.6 Å². The van der Waals surface area contributed by atoms with Gasteiger partial charge in [0, 0.05) is 18.7 Å². The van der Waals surface area contributed by atoms with E-state index in [0.29, 0.717) is 43.2 Å². The number of carbonyl (C=O) groups excluding carboxylic acids is 4. The summed E-state index contributed by atoms with van der Waals surface area (Å²) < 4.78 is 33.7. The first kappa shape index (κ1) is 30.8. The third-order valence-corrected chi connectivity index (χ3v) is 8.81. The third-order valence-electron chi connectivity index (χ3n) is 8.20. The molecule has 1 aliphatic heterocycles. The number of nitrogens with zero attached hydrogens (tertiary/aromatic N) is 2. The van der Waals surface area contributed by atoms with Crippen LogP contribution in [0, 0.1) is 11.6 Å². The summed E-state index contributed by atoms with van der Waals surface area (Å²) in [4.78, 5) is 55.5. The molecule has 11 heteroatoms. The van der Waals surface area contributed by atoms with Gasteiger partial charge in [-0.2, -0.15) is 0 Å². The van der Waals surface area contributed by atoms with Crippen molar-refractivity contribution in [1.82, 2.24) is 15.1 Å². The Hall–Kier alpha value is -3.60. The molecule has 43 heavy (non-hydrogen) atoms. The zero-order valence-electron chi connectivity index (χ0n) is 24.3. The Morgan fingerprint density at radius 2 is 1.79 bits per heavy atom. The molecular formula is C32H34BrF2N3O5. The molecule has 2 aromatic rings. The van der Waals surface area contributed by atoms with E-state index in [9.17, 15) is 28.0 Å². The summed E-state index contributed by atoms with van der Waals surface area (Å²) in [5, 5.41) is 2.74. The van der Waals surface area contributed by atoms with Crippen molar-refractivity contribution in [2.75, 3.05) is 6.54 Å². The van der Waals surface area contributed by atoms with Gasteiger partial charge < -0.3 is 15.0 Å². The first-order valence-corrected chi connectivity index (χ1v) is 15.1. The Kier molecular flexibility index (Phi) is 8.48. The normalized spacial score (nSPS) is 21.6. The number of halogens is 3. The summed E-state index contributed by atoms with van der Waals surface area (Å²) in [7, 11) is 0. The van der Waals surface area contributed by atoms with Crippen molar-refractivity contribution in [2.24, 2.45) is 0 Å². The maximum atomic E-state index is 14.5. The van der Waals surface area contributed by atoms with Crippen molar-refractivity contribution >= 4 is 39.7 Å². The summed E-state index contributed by atoms with van der Waals surface area (Å²) in [5.41, 5.74) is 0.764. The Labute approximate surface area is 257 Å². The van der Waals surface area contributed by atoms with Crippen molar-refractivity contribution < 1.29 is 32.7 Å². The SMILES string of the molecule is CC(C)(C)OC(=O)C=C1CCC(N(Cc2ccc(F)cc2)C(=O)CN2C(=O)NC3(CCc4cc(Br)c(F)cc43)C2=O)CC1. The van der Waals surface area contributed by atoms with Crippen molar-refractivity contribution in [3.63, 3.8) is 0 Å². The molecule has 1 saturated carbocycles. The summed E-state index contributed by atoms with van der Waals surface area (Å²) in [6.07, 6.45) is 4.52. The van der Waals surface area contributed by atoms with E-state index in [4.69, 9.17) is 4.74 Å². The number of esters is 1. The molecule has 1 N–H and O–H groups in total. The molecule has 0 aromatic heterocycles. The van der Waals surface area contributed by atoms with Crippen LogP contribution in [-0.4, -0.2) is 51.8 Å². The van der Waals surface area contributed by atoms with Gasteiger partial charge in [0.15, 0.2) is 0 Å². The highest BCUT2D eigenvalue weighted by atomic mass is 79.9. The van der Waals surface area contributed by atoms with Crippen LogP contribution in [0.1, 0.15) is 69.6 Å². The van der Waals surface area contributed by atoms with E-state index in [2.05, 4.69) is 21.2 Å². The number of carbonyl (C=O) groups is 4. The Balaban J connectivity index is 1.34. The van der Waals surface area contributed by atoms with Crippen LogP contribution in [0.3, 0.4) is 0 Å². The second-order valence-corrected chi connectivity index (χ2v) is 13.2. The van der Waals surface area contributed by atoms with E-state index in [1.807, 2.05) is 0 Å². The van der Waals surface area contributed by atoms with Gasteiger partial charge in [-0.05, 0) is 116 Å². The molecule has 1 saturated heterocycles. The van der Waals surface area contributed by atoms with Gasteiger partial charge in [-0.25, -0.2) is 18.4 Å². The Morgan fingerprint density at radius 3 is 2.44 bits per heavy atom. The number of hydrogen-bond donors (Lipinski definition) is 1. The van der Waals surface area contributed by atoms with E-state index >= 15 is 0 Å². The van der Waals surface area contributed by atoms with Gasteiger partial charge in [0.1, 0.15) is 29.3 Å². The van der Waals surface area contributed by atoms with Crippen LogP contribution < -0.4 is 5.32 Å². The predicted molar refractivity (Wildman–Crippen MR) is 157 cm³/mol. The highest BCUT2D eigenvalue weighted by Gasteiger charge is 2.56. The number of amides is 4. The highest BCUT2D eigenvalue weighted by molar-refractivity contribution is 9.10. The number of hydrogen-bond acceptors (Lipinski definition) is 5. The fourth-order valence-electron chi connectivity index (χ4n) is 6.13. The number of fused-ring (bicyclic) bond motifs is 2. The average Bonchev–Trinajstić information content (AvgIpc) is 3.39. The maximum Gasteiger partial charge on any atom is 0.331 e. The van der Waals surface area contributed by atoms with Crippen molar-refractivity contribution in [2.45, 2.75) is 83.0 Å². The van der Waals surface area contributed by atoms with Gasteiger partial charge in [0.2, 0.25) is 5.91 Å². The lowest BCUT2D eigenvalue weighted by Crippen LogP contribution is -2.48. The quantitative estimate of drug-likeness (QED) is 0.246. The minimum atomic E-state index is -1.41. The van der Waals surface area contributed by atoms with Gasteiger partial charge in [-0.1, -0.05) is 17.7 Å². The van der Waals surface area contributed by atoms with E-state index < -0.39 is 53.1 Å². The van der Waals surface area contributed by atoms with Gasteiger partial charge in [0.25, 0.3) is 5.91 Å². The smallest absolute Gasteiger partial charge is 0.331 e. The van der Waals surface area contributed by atoms with Gasteiger partial charge in [-0.15, -0.1) is 0 Å². The number of allylic oxidation sites excluding steroid dienone is 1. The lowest BCUT2D eigenvalue weighted by Gasteiger charge is -2.36. The minimum absolute atomic E-state index is 0.158. The fourth-order valence-corrected chi connectivity index (χ4v) is 6.52. The van der Waals surface area contributed by atoms with Crippen molar-refractivity contribution in [1.29, 1.82) is 0 Å². The Bertz CT molecular complexity index is 1490. The largest absolute Gasteiger partial charge is 0.457 e. The molecule has 1 atom stereocenters. The van der Waals surface area contributed by atoms with Crippen LogP contribution in [0.15, 0.2) is 52.5 Å². The molecule has 2 aliphatic carbocycles. The van der Waals surface area contributed by atoms with Crippen LogP contribution in [0.5, 0.6) is 0 Å². The summed E-state index contributed by atoms with van der Waals surface area (Å²) in [6.45, 7) is 5.07. The van der Waals surface area contributed by atoms with Crippen LogP contribution in [0.25, 0.3) is 0 Å². The standard InChI is InChI=1S/C32H34BrF2N3O5/c1-31(2,3)43-28(40)14-19-6-10-23(11-7-19)37(17-20-4-8-22(34)9-5-20)27(39)18-38-29(41)32(36-30(38)42)13-12-21-15-25(33)26(35)16-24(21)32/h4-5,8-9,14-16,23H,6-7,10-13,17-18H2,1-3H3,(H,36,42). The zero-order chi connectivity index (χ0) is 31.1.